The first-order valence-corrected chi connectivity index (χ1v) is 5.06. The number of pyridine rings is 1. The van der Waals surface area contributed by atoms with Crippen molar-refractivity contribution in [1.82, 2.24) is 4.98 Å². The molecule has 0 radical (unpaired) electrons. The summed E-state index contributed by atoms with van der Waals surface area (Å²) >= 11 is 0. The topological polar surface area (TPSA) is 63.0 Å². The number of ether oxygens (including phenoxy) is 1. The van der Waals surface area contributed by atoms with Crippen molar-refractivity contribution in [1.29, 1.82) is 5.26 Å². The van der Waals surface area contributed by atoms with E-state index < -0.39 is 47.4 Å². The highest BCUT2D eigenvalue weighted by molar-refractivity contribution is 5.74. The largest absolute Gasteiger partial charge is 0.469 e. The minimum Gasteiger partial charge on any atom is -0.469 e. The Labute approximate surface area is 109 Å². The second-order valence-corrected chi connectivity index (χ2v) is 3.58. The number of rotatable bonds is 3. The van der Waals surface area contributed by atoms with Gasteiger partial charge in [0.15, 0.2) is 5.69 Å². The molecule has 0 aliphatic heterocycles. The molecule has 0 bridgehead atoms. The van der Waals surface area contributed by atoms with Gasteiger partial charge in [-0.25, -0.2) is 13.8 Å². The number of aromatic nitrogens is 1. The summed E-state index contributed by atoms with van der Waals surface area (Å²) in [5, 5.41) is 8.61. The zero-order valence-corrected chi connectivity index (χ0v) is 9.96. The maximum absolute atomic E-state index is 12.9. The molecule has 0 N–H and O–H groups in total. The number of hydrogen-bond donors (Lipinski definition) is 0. The molecule has 1 heterocycles. The van der Waals surface area contributed by atoms with Crippen LogP contribution in [0.2, 0.25) is 0 Å². The summed E-state index contributed by atoms with van der Waals surface area (Å²) in [4.78, 5) is 14.2. The first-order chi connectivity index (χ1) is 9.22. The molecule has 0 atom stereocenters. The van der Waals surface area contributed by atoms with Gasteiger partial charge in [-0.05, 0) is 5.56 Å². The Hall–Kier alpha value is -2.24. The average Bonchev–Trinajstić information content (AvgIpc) is 2.36. The molecule has 0 spiro atoms. The quantitative estimate of drug-likeness (QED) is 0.635. The first kappa shape index (κ1) is 15.8. The van der Waals surface area contributed by atoms with E-state index in [9.17, 15) is 26.7 Å². The third-order valence-corrected chi connectivity index (χ3v) is 2.39. The van der Waals surface area contributed by atoms with E-state index in [4.69, 9.17) is 5.26 Å². The lowest BCUT2D eigenvalue weighted by molar-refractivity contribution is -0.141. The third-order valence-electron chi connectivity index (χ3n) is 2.39. The molecule has 4 nitrogen and oxygen atoms in total. The van der Waals surface area contributed by atoms with Gasteiger partial charge in [0, 0.05) is 11.8 Å². The van der Waals surface area contributed by atoms with E-state index in [-0.39, 0.29) is 0 Å². The van der Waals surface area contributed by atoms with E-state index in [2.05, 4.69) is 9.72 Å². The van der Waals surface area contributed by atoms with Crippen molar-refractivity contribution in [3.8, 4) is 6.07 Å². The summed E-state index contributed by atoms with van der Waals surface area (Å²) in [5.41, 5.74) is -4.75. The molecule has 0 fully saturated rings. The Bertz CT molecular complexity index is 563. The molecule has 0 aliphatic rings. The van der Waals surface area contributed by atoms with Crippen LogP contribution in [0.15, 0.2) is 6.20 Å². The lowest BCUT2D eigenvalue weighted by Gasteiger charge is -2.16. The van der Waals surface area contributed by atoms with Crippen molar-refractivity contribution >= 4 is 5.97 Å². The predicted molar refractivity (Wildman–Crippen MR) is 54.6 cm³/mol. The molecule has 0 saturated carbocycles. The van der Waals surface area contributed by atoms with Crippen LogP contribution in [0.5, 0.6) is 0 Å². The van der Waals surface area contributed by atoms with Crippen molar-refractivity contribution < 1.29 is 31.5 Å². The van der Waals surface area contributed by atoms with Crippen LogP contribution in [0.25, 0.3) is 0 Å². The highest BCUT2D eigenvalue weighted by Crippen LogP contribution is 2.37. The van der Waals surface area contributed by atoms with Crippen LogP contribution in [-0.2, 0) is 22.1 Å². The molecule has 0 unspecified atom stereocenters. The molecule has 108 valence electrons. The molecule has 9 heteroatoms. The zero-order chi connectivity index (χ0) is 15.5. The molecule has 1 aromatic heterocycles. The molecule has 0 aliphatic carbocycles. The number of carbonyl (C=O) groups is 1. The smallest absolute Gasteiger partial charge is 0.419 e. The fraction of sp³-hybridized carbons (Fsp3) is 0.364. The van der Waals surface area contributed by atoms with E-state index in [1.54, 1.807) is 0 Å². The molecular weight excluding hydrogens is 287 g/mol. The predicted octanol–water partition coefficient (Wildman–Crippen LogP) is 2.63. The first-order valence-electron chi connectivity index (χ1n) is 5.06. The SMILES string of the molecule is COC(=O)Cc1c(C(F)F)cnc(C#N)c1C(F)(F)F. The highest BCUT2D eigenvalue weighted by atomic mass is 19.4. The van der Waals surface area contributed by atoms with Crippen molar-refractivity contribution in [3.63, 3.8) is 0 Å². The van der Waals surface area contributed by atoms with Gasteiger partial charge in [-0.2, -0.15) is 18.4 Å². The van der Waals surface area contributed by atoms with Gasteiger partial charge in [0.2, 0.25) is 0 Å². The Morgan fingerprint density at radius 1 is 1.50 bits per heavy atom. The fourth-order valence-corrected chi connectivity index (χ4v) is 1.55. The van der Waals surface area contributed by atoms with Crippen LogP contribution >= 0.6 is 0 Å². The summed E-state index contributed by atoms with van der Waals surface area (Å²) in [6.45, 7) is 0. The zero-order valence-electron chi connectivity index (χ0n) is 9.96. The van der Waals surface area contributed by atoms with E-state index >= 15 is 0 Å². The van der Waals surface area contributed by atoms with Gasteiger partial charge >= 0.3 is 12.1 Å². The minimum absolute atomic E-state index is 0.455. The Balaban J connectivity index is 3.62. The average molecular weight is 294 g/mol. The number of alkyl halides is 5. The lowest BCUT2D eigenvalue weighted by atomic mass is 9.98. The summed E-state index contributed by atoms with van der Waals surface area (Å²) in [5.74, 6) is -1.13. The van der Waals surface area contributed by atoms with E-state index in [0.29, 0.717) is 6.20 Å². The number of nitrogens with zero attached hydrogens (tertiary/aromatic N) is 2. The van der Waals surface area contributed by atoms with Crippen LogP contribution in [0.3, 0.4) is 0 Å². The van der Waals surface area contributed by atoms with Crippen LogP contribution in [0.1, 0.15) is 28.8 Å². The highest BCUT2D eigenvalue weighted by Gasteiger charge is 2.39. The van der Waals surface area contributed by atoms with Crippen LogP contribution in [-0.4, -0.2) is 18.1 Å². The number of carbonyl (C=O) groups excluding carboxylic acids is 1. The van der Waals surface area contributed by atoms with Gasteiger partial charge in [0.05, 0.1) is 19.1 Å². The summed E-state index contributed by atoms with van der Waals surface area (Å²) in [6.07, 6.45) is -8.93. The molecule has 1 rings (SSSR count). The molecular formula is C11H7F5N2O2. The second kappa shape index (κ2) is 5.81. The van der Waals surface area contributed by atoms with Gasteiger partial charge < -0.3 is 4.74 Å². The summed E-state index contributed by atoms with van der Waals surface area (Å²) < 4.78 is 68.4. The summed E-state index contributed by atoms with van der Waals surface area (Å²) in [6, 6.07) is 1.17. The minimum atomic E-state index is -5.09. The van der Waals surface area contributed by atoms with Crippen molar-refractivity contribution in [2.45, 2.75) is 19.0 Å². The maximum atomic E-state index is 12.9. The molecule has 0 saturated heterocycles. The molecule has 0 amide bonds. The van der Waals surface area contributed by atoms with Gasteiger partial charge in [-0.3, -0.25) is 4.79 Å². The van der Waals surface area contributed by atoms with Crippen molar-refractivity contribution in [2.75, 3.05) is 7.11 Å². The molecule has 0 aromatic carbocycles. The van der Waals surface area contributed by atoms with Gasteiger partial charge in [-0.1, -0.05) is 0 Å². The van der Waals surface area contributed by atoms with Crippen LogP contribution < -0.4 is 0 Å². The van der Waals surface area contributed by atoms with E-state index in [1.165, 1.54) is 6.07 Å². The number of halogens is 5. The molecule has 1 aromatic rings. The number of hydrogen-bond acceptors (Lipinski definition) is 4. The third kappa shape index (κ3) is 3.20. The van der Waals surface area contributed by atoms with Crippen LogP contribution in [0.4, 0.5) is 22.0 Å². The standard InChI is InChI=1S/C11H7F5N2O2/c1-20-8(19)2-5-6(10(12)13)4-18-7(3-17)9(5)11(14,15)16/h4,10H,2H2,1H3. The van der Waals surface area contributed by atoms with Gasteiger partial charge in [0.1, 0.15) is 6.07 Å². The van der Waals surface area contributed by atoms with Crippen molar-refractivity contribution in [3.05, 3.63) is 28.6 Å². The normalized spacial score (nSPS) is 11.3. The van der Waals surface area contributed by atoms with Gasteiger partial charge in [-0.15, -0.1) is 0 Å². The van der Waals surface area contributed by atoms with E-state index in [0.717, 1.165) is 7.11 Å². The molecule has 20 heavy (non-hydrogen) atoms. The van der Waals surface area contributed by atoms with E-state index in [1.807, 2.05) is 0 Å². The Morgan fingerprint density at radius 3 is 2.50 bits per heavy atom. The van der Waals surface area contributed by atoms with Crippen molar-refractivity contribution in [2.24, 2.45) is 0 Å². The second-order valence-electron chi connectivity index (χ2n) is 3.58. The number of esters is 1. The maximum Gasteiger partial charge on any atom is 0.419 e. The Morgan fingerprint density at radius 2 is 2.10 bits per heavy atom. The Kier molecular flexibility index (Phi) is 4.60. The van der Waals surface area contributed by atoms with Gasteiger partial charge in [0.25, 0.3) is 6.43 Å². The fourth-order valence-electron chi connectivity index (χ4n) is 1.55. The monoisotopic (exact) mass is 294 g/mol. The summed E-state index contributed by atoms with van der Waals surface area (Å²) in [7, 11) is 0.907. The number of nitriles is 1. The van der Waals surface area contributed by atoms with Crippen LogP contribution in [0, 0.1) is 11.3 Å². The number of methoxy groups -OCH3 is 1. The lowest BCUT2D eigenvalue weighted by Crippen LogP contribution is -2.19.